The summed E-state index contributed by atoms with van der Waals surface area (Å²) in [6.45, 7) is 4.78. The van der Waals surface area contributed by atoms with Gasteiger partial charge in [-0.1, -0.05) is 24.3 Å². The highest BCUT2D eigenvalue weighted by atomic mass is 16.2. The summed E-state index contributed by atoms with van der Waals surface area (Å²) in [6.07, 6.45) is 0.891. The van der Waals surface area contributed by atoms with E-state index in [2.05, 4.69) is 12.1 Å². The van der Waals surface area contributed by atoms with Crippen LogP contribution >= 0.6 is 0 Å². The molecule has 80 valence electrons. The van der Waals surface area contributed by atoms with Gasteiger partial charge in [-0.2, -0.15) is 0 Å². The van der Waals surface area contributed by atoms with E-state index in [1.54, 1.807) is 4.90 Å². The summed E-state index contributed by atoms with van der Waals surface area (Å²) in [4.78, 5) is 13.1. The normalized spacial score (nSPS) is 18.4. The molecule has 1 aromatic carbocycles. The van der Waals surface area contributed by atoms with Crippen LogP contribution < -0.4 is 5.73 Å². The molecule has 0 fully saturated rings. The second kappa shape index (κ2) is 3.26. The number of hydrogen-bond acceptors (Lipinski definition) is 1. The van der Waals surface area contributed by atoms with Crippen LogP contribution in [0.5, 0.6) is 0 Å². The third-order valence-corrected chi connectivity index (χ3v) is 3.22. The fourth-order valence-electron chi connectivity index (χ4n) is 2.38. The Morgan fingerprint density at radius 1 is 1.40 bits per heavy atom. The van der Waals surface area contributed by atoms with Crippen molar-refractivity contribution in [2.75, 3.05) is 6.54 Å². The lowest BCUT2D eigenvalue weighted by molar-refractivity contribution is 0.134. The number of carbonyl (C=O) groups is 1. The van der Waals surface area contributed by atoms with Crippen LogP contribution in [0.15, 0.2) is 24.3 Å². The fourth-order valence-corrected chi connectivity index (χ4v) is 2.38. The Morgan fingerprint density at radius 3 is 2.73 bits per heavy atom. The topological polar surface area (TPSA) is 46.3 Å². The first-order valence-corrected chi connectivity index (χ1v) is 5.19. The molecule has 0 aromatic heterocycles. The van der Waals surface area contributed by atoms with Gasteiger partial charge in [-0.05, 0) is 31.4 Å². The number of hydrogen-bond donors (Lipinski definition) is 1. The molecule has 2 rings (SSSR count). The third-order valence-electron chi connectivity index (χ3n) is 3.22. The van der Waals surface area contributed by atoms with Gasteiger partial charge in [0, 0.05) is 6.54 Å². The molecule has 0 bridgehead atoms. The first kappa shape index (κ1) is 10.0. The number of nitrogens with two attached hydrogens (primary N) is 1. The molecule has 1 aromatic rings. The van der Waals surface area contributed by atoms with Crippen molar-refractivity contribution in [3.8, 4) is 0 Å². The minimum Gasteiger partial charge on any atom is -0.351 e. The molecule has 3 nitrogen and oxygen atoms in total. The third kappa shape index (κ3) is 1.48. The van der Waals surface area contributed by atoms with E-state index in [0.717, 1.165) is 6.42 Å². The van der Waals surface area contributed by atoms with Gasteiger partial charge in [0.25, 0.3) is 0 Å². The predicted molar refractivity (Wildman–Crippen MR) is 59.5 cm³/mol. The van der Waals surface area contributed by atoms with E-state index < -0.39 is 0 Å². The number of urea groups is 1. The molecule has 0 atom stereocenters. The first-order valence-electron chi connectivity index (χ1n) is 5.19. The van der Waals surface area contributed by atoms with Gasteiger partial charge in [-0.3, -0.25) is 0 Å². The smallest absolute Gasteiger partial charge is 0.315 e. The molecule has 0 aliphatic carbocycles. The molecule has 3 heteroatoms. The van der Waals surface area contributed by atoms with Crippen LogP contribution in [0.4, 0.5) is 4.79 Å². The largest absolute Gasteiger partial charge is 0.351 e. The quantitative estimate of drug-likeness (QED) is 0.689. The van der Waals surface area contributed by atoms with Gasteiger partial charge in [0.1, 0.15) is 0 Å². The SMILES string of the molecule is CC1(C)c2ccccc2CCN1C(N)=O. The van der Waals surface area contributed by atoms with Crippen LogP contribution in [-0.4, -0.2) is 17.5 Å². The van der Waals surface area contributed by atoms with Crippen molar-refractivity contribution in [1.29, 1.82) is 0 Å². The number of primary amides is 1. The van der Waals surface area contributed by atoms with Crippen molar-refractivity contribution in [1.82, 2.24) is 4.90 Å². The second-order valence-corrected chi connectivity index (χ2v) is 4.46. The standard InChI is InChI=1S/C12H16N2O/c1-12(2)10-6-4-3-5-9(10)7-8-14(12)11(13)15/h3-6H,7-8H2,1-2H3,(H2,13,15). The second-order valence-electron chi connectivity index (χ2n) is 4.46. The average Bonchev–Trinajstić information content (AvgIpc) is 2.17. The summed E-state index contributed by atoms with van der Waals surface area (Å²) >= 11 is 0. The molecule has 1 aliphatic rings. The van der Waals surface area contributed by atoms with Crippen molar-refractivity contribution in [2.45, 2.75) is 25.8 Å². The Bertz CT molecular complexity index is 398. The van der Waals surface area contributed by atoms with Crippen LogP contribution in [-0.2, 0) is 12.0 Å². The van der Waals surface area contributed by atoms with E-state index >= 15 is 0 Å². The van der Waals surface area contributed by atoms with Gasteiger partial charge in [-0.15, -0.1) is 0 Å². The lowest BCUT2D eigenvalue weighted by Crippen LogP contribution is -2.52. The lowest BCUT2D eigenvalue weighted by atomic mass is 9.84. The summed E-state index contributed by atoms with van der Waals surface area (Å²) in [7, 11) is 0. The summed E-state index contributed by atoms with van der Waals surface area (Å²) in [5, 5.41) is 0. The number of amides is 2. The Morgan fingerprint density at radius 2 is 2.07 bits per heavy atom. The van der Waals surface area contributed by atoms with Gasteiger partial charge in [0.2, 0.25) is 0 Å². The Kier molecular flexibility index (Phi) is 2.18. The van der Waals surface area contributed by atoms with Gasteiger partial charge in [0.05, 0.1) is 5.54 Å². The lowest BCUT2D eigenvalue weighted by Gasteiger charge is -2.42. The van der Waals surface area contributed by atoms with E-state index in [9.17, 15) is 4.79 Å². The zero-order valence-electron chi connectivity index (χ0n) is 9.16. The van der Waals surface area contributed by atoms with Gasteiger partial charge < -0.3 is 10.6 Å². The highest BCUT2D eigenvalue weighted by Crippen LogP contribution is 2.34. The Balaban J connectivity index is 2.49. The molecule has 2 amide bonds. The number of nitrogens with zero attached hydrogens (tertiary/aromatic N) is 1. The summed E-state index contributed by atoms with van der Waals surface area (Å²) < 4.78 is 0. The molecule has 0 radical (unpaired) electrons. The number of benzene rings is 1. The van der Waals surface area contributed by atoms with Gasteiger partial charge >= 0.3 is 6.03 Å². The van der Waals surface area contributed by atoms with Crippen LogP contribution in [0.3, 0.4) is 0 Å². The number of carbonyl (C=O) groups excluding carboxylic acids is 1. The van der Waals surface area contributed by atoms with Crippen molar-refractivity contribution in [2.24, 2.45) is 5.73 Å². The minimum atomic E-state index is -0.338. The maximum Gasteiger partial charge on any atom is 0.315 e. The van der Waals surface area contributed by atoms with Crippen molar-refractivity contribution in [3.05, 3.63) is 35.4 Å². The highest BCUT2D eigenvalue weighted by molar-refractivity contribution is 5.73. The monoisotopic (exact) mass is 204 g/mol. The molecule has 0 unspecified atom stereocenters. The van der Waals surface area contributed by atoms with Crippen LogP contribution in [0.25, 0.3) is 0 Å². The molecule has 0 saturated carbocycles. The molecular formula is C12H16N2O. The van der Waals surface area contributed by atoms with E-state index in [1.165, 1.54) is 11.1 Å². The zero-order valence-corrected chi connectivity index (χ0v) is 9.16. The molecule has 2 N–H and O–H groups in total. The number of fused-ring (bicyclic) bond motifs is 1. The molecule has 0 spiro atoms. The minimum absolute atomic E-state index is 0.291. The molecule has 1 aliphatic heterocycles. The summed E-state index contributed by atoms with van der Waals surface area (Å²) in [5.41, 5.74) is 7.62. The first-order chi connectivity index (χ1) is 7.03. The van der Waals surface area contributed by atoms with Crippen molar-refractivity contribution >= 4 is 6.03 Å². The predicted octanol–water partition coefficient (Wildman–Crippen LogP) is 1.86. The van der Waals surface area contributed by atoms with E-state index in [1.807, 2.05) is 26.0 Å². The fraction of sp³-hybridized carbons (Fsp3) is 0.417. The van der Waals surface area contributed by atoms with Crippen LogP contribution in [0.2, 0.25) is 0 Å². The molecule has 0 saturated heterocycles. The number of rotatable bonds is 0. The maximum atomic E-state index is 11.3. The Labute approximate surface area is 89.9 Å². The average molecular weight is 204 g/mol. The summed E-state index contributed by atoms with van der Waals surface area (Å²) in [5.74, 6) is 0. The Hall–Kier alpha value is -1.51. The molecule has 1 heterocycles. The maximum absolute atomic E-state index is 11.3. The van der Waals surface area contributed by atoms with E-state index in [4.69, 9.17) is 5.73 Å². The van der Waals surface area contributed by atoms with Gasteiger partial charge in [0.15, 0.2) is 0 Å². The highest BCUT2D eigenvalue weighted by Gasteiger charge is 2.35. The van der Waals surface area contributed by atoms with Crippen LogP contribution in [0.1, 0.15) is 25.0 Å². The van der Waals surface area contributed by atoms with Crippen molar-refractivity contribution < 1.29 is 4.79 Å². The van der Waals surface area contributed by atoms with E-state index in [0.29, 0.717) is 6.54 Å². The zero-order chi connectivity index (χ0) is 11.1. The molecule has 15 heavy (non-hydrogen) atoms. The van der Waals surface area contributed by atoms with Crippen LogP contribution in [0, 0.1) is 0 Å². The van der Waals surface area contributed by atoms with Gasteiger partial charge in [-0.25, -0.2) is 4.79 Å². The van der Waals surface area contributed by atoms with Crippen molar-refractivity contribution in [3.63, 3.8) is 0 Å². The van der Waals surface area contributed by atoms with E-state index in [-0.39, 0.29) is 11.6 Å². The summed E-state index contributed by atoms with van der Waals surface area (Å²) in [6, 6.07) is 7.90. The molecular weight excluding hydrogens is 188 g/mol.